The first kappa shape index (κ1) is 41.1. The van der Waals surface area contributed by atoms with Gasteiger partial charge in [-0.05, 0) is 78.6 Å². The molecule has 2 saturated heterocycles. The maximum Gasteiger partial charge on any atom is 0.410 e. The Balaban J connectivity index is 1.13. The van der Waals surface area contributed by atoms with Crippen LogP contribution >= 0.6 is 0 Å². The maximum atomic E-state index is 14.4. The number of fused-ring (bicyclic) bond motifs is 1. The van der Waals surface area contributed by atoms with E-state index in [1.54, 1.807) is 11.1 Å². The second kappa shape index (κ2) is 17.3. The number of benzene rings is 1. The van der Waals surface area contributed by atoms with E-state index in [9.17, 15) is 14.0 Å². The van der Waals surface area contributed by atoms with Crippen LogP contribution in [0.25, 0.3) is 0 Å². The lowest BCUT2D eigenvalue weighted by molar-refractivity contribution is -0.0321. The Labute approximate surface area is 331 Å². The average molecular weight is 774 g/mol. The first-order valence-corrected chi connectivity index (χ1v) is 20.4. The highest BCUT2D eigenvalue weighted by molar-refractivity contribution is 5.97. The summed E-state index contributed by atoms with van der Waals surface area (Å²) >= 11 is 0. The van der Waals surface area contributed by atoms with Crippen molar-refractivity contribution in [2.75, 3.05) is 37.6 Å². The number of nitrogens with zero attached hydrogens (tertiary/aromatic N) is 7. The van der Waals surface area contributed by atoms with Gasteiger partial charge in [0.1, 0.15) is 35.3 Å². The number of pyridine rings is 1. The highest BCUT2D eigenvalue weighted by Gasteiger charge is 2.43. The number of hydrogen-bond acceptors (Lipinski definition) is 10. The Morgan fingerprint density at radius 3 is 2.39 bits per heavy atom. The summed E-state index contributed by atoms with van der Waals surface area (Å²) in [6, 6.07) is 6.56. The van der Waals surface area contributed by atoms with Gasteiger partial charge in [0.05, 0.1) is 17.5 Å². The van der Waals surface area contributed by atoms with Crippen molar-refractivity contribution in [3.8, 4) is 17.2 Å². The third-order valence-electron chi connectivity index (χ3n) is 11.6. The van der Waals surface area contributed by atoms with E-state index in [2.05, 4.69) is 40.5 Å². The lowest BCUT2D eigenvalue weighted by atomic mass is 9.83. The van der Waals surface area contributed by atoms with Crippen molar-refractivity contribution in [3.63, 3.8) is 0 Å². The first-order chi connectivity index (χ1) is 26.7. The minimum absolute atomic E-state index is 0.00600. The van der Waals surface area contributed by atoms with E-state index in [0.717, 1.165) is 49.2 Å². The van der Waals surface area contributed by atoms with Gasteiger partial charge in [0, 0.05) is 94.3 Å². The number of carbonyl (C=O) groups excluding carboxylic acids is 2. The van der Waals surface area contributed by atoms with E-state index < -0.39 is 11.4 Å². The van der Waals surface area contributed by atoms with Gasteiger partial charge in [0.25, 0.3) is 5.91 Å². The zero-order valence-electron chi connectivity index (χ0n) is 34.6. The maximum absolute atomic E-state index is 14.4. The minimum Gasteiger partial charge on any atom is -0.490 e. The van der Waals surface area contributed by atoms with Crippen LogP contribution in [0.4, 0.5) is 15.0 Å². The number of halogens is 1. The summed E-state index contributed by atoms with van der Waals surface area (Å²) in [4.78, 5) is 48.1. The molecule has 3 aliphatic heterocycles. The van der Waals surface area contributed by atoms with Crippen molar-refractivity contribution in [3.05, 3.63) is 65.6 Å². The lowest BCUT2D eigenvalue weighted by Crippen LogP contribution is -2.61. The molecule has 304 valence electrons. The Kier molecular flexibility index (Phi) is 12.7. The summed E-state index contributed by atoms with van der Waals surface area (Å²) in [5.41, 5.74) is 1.90. The quantitative estimate of drug-likeness (QED) is 0.181. The molecule has 3 aromatic rings. The lowest BCUT2D eigenvalue weighted by Gasteiger charge is -2.50. The topological polar surface area (TPSA) is 113 Å². The third-order valence-corrected chi connectivity index (χ3v) is 11.6. The fourth-order valence-electron chi connectivity index (χ4n) is 8.16. The van der Waals surface area contributed by atoms with Gasteiger partial charge < -0.3 is 28.9 Å². The zero-order valence-corrected chi connectivity index (χ0v) is 34.6. The molecule has 0 saturated carbocycles. The molecule has 1 aromatic carbocycles. The molecular weight excluding hydrogens is 714 g/mol. The number of piperidine rings is 1. The molecule has 2 amide bonds. The van der Waals surface area contributed by atoms with Gasteiger partial charge in [0.2, 0.25) is 0 Å². The van der Waals surface area contributed by atoms with Gasteiger partial charge in [-0.1, -0.05) is 20.3 Å². The van der Waals surface area contributed by atoms with Gasteiger partial charge >= 0.3 is 6.09 Å². The molecular formula is C43H60FN7O5. The standard InChI is InChI=1S/C43H60FN7O5/c1-10-28(5)36-21-35-34(25-51(36)29(6)30-23-49(24-30)42(53)56-43(7,8)9)38(14-17-46-35)54-32-15-18-48(19-16-32)40-39(22-45-26-47-40)55-37-13-12-31(44)20-33(37)41(52)50(11-2)27(3)4/h12-14,17,20,22,26-30,32,36H,10-11,15-16,18-19,21,23-25H2,1-9H3. The van der Waals surface area contributed by atoms with Crippen molar-refractivity contribution in [2.45, 2.75) is 124 Å². The number of carbonyl (C=O) groups is 2. The van der Waals surface area contributed by atoms with Gasteiger partial charge in [-0.3, -0.25) is 14.7 Å². The Morgan fingerprint density at radius 2 is 1.73 bits per heavy atom. The number of anilines is 1. The van der Waals surface area contributed by atoms with Crippen LogP contribution in [-0.4, -0.2) is 104 Å². The summed E-state index contributed by atoms with van der Waals surface area (Å²) in [5, 5.41) is 0. The second-order valence-electron chi connectivity index (χ2n) is 16.9. The predicted molar refractivity (Wildman–Crippen MR) is 214 cm³/mol. The normalized spacial score (nSPS) is 19.2. The molecule has 13 heteroatoms. The molecule has 0 radical (unpaired) electrons. The van der Waals surface area contributed by atoms with Crippen molar-refractivity contribution >= 4 is 17.8 Å². The van der Waals surface area contributed by atoms with Crippen LogP contribution in [0, 0.1) is 17.7 Å². The fraction of sp³-hybridized carbons (Fsp3) is 0.605. The summed E-state index contributed by atoms with van der Waals surface area (Å²) < 4.78 is 33.2. The van der Waals surface area contributed by atoms with E-state index in [1.807, 2.05) is 58.7 Å². The monoisotopic (exact) mass is 773 g/mol. The van der Waals surface area contributed by atoms with Crippen LogP contribution in [-0.2, 0) is 17.7 Å². The molecule has 2 fully saturated rings. The average Bonchev–Trinajstić information content (AvgIpc) is 3.14. The molecule has 3 aliphatic rings. The van der Waals surface area contributed by atoms with E-state index >= 15 is 0 Å². The summed E-state index contributed by atoms with van der Waals surface area (Å²) in [7, 11) is 0. The molecule has 0 spiro atoms. The number of hydrogen-bond donors (Lipinski definition) is 0. The summed E-state index contributed by atoms with van der Waals surface area (Å²) in [6.45, 7) is 22.3. The Morgan fingerprint density at radius 1 is 1.00 bits per heavy atom. The molecule has 0 aliphatic carbocycles. The van der Waals surface area contributed by atoms with Crippen molar-refractivity contribution in [2.24, 2.45) is 11.8 Å². The highest BCUT2D eigenvalue weighted by atomic mass is 19.1. The summed E-state index contributed by atoms with van der Waals surface area (Å²) in [6.07, 6.45) is 8.16. The van der Waals surface area contributed by atoms with Crippen LogP contribution in [0.5, 0.6) is 17.2 Å². The molecule has 2 aromatic heterocycles. The van der Waals surface area contributed by atoms with Crippen LogP contribution < -0.4 is 14.4 Å². The van der Waals surface area contributed by atoms with Gasteiger partial charge in [-0.15, -0.1) is 0 Å². The Hall–Kier alpha value is -4.52. The molecule has 5 heterocycles. The van der Waals surface area contributed by atoms with Crippen LogP contribution in [0.2, 0.25) is 0 Å². The summed E-state index contributed by atoms with van der Waals surface area (Å²) in [5.74, 6) is 2.19. The number of amides is 2. The molecule has 56 heavy (non-hydrogen) atoms. The van der Waals surface area contributed by atoms with Crippen LogP contribution in [0.3, 0.4) is 0 Å². The molecule has 3 unspecified atom stereocenters. The molecule has 6 rings (SSSR count). The predicted octanol–water partition coefficient (Wildman–Crippen LogP) is 7.75. The smallest absolute Gasteiger partial charge is 0.410 e. The molecule has 3 atom stereocenters. The van der Waals surface area contributed by atoms with Crippen molar-refractivity contribution in [1.29, 1.82) is 0 Å². The minimum atomic E-state index is -0.512. The third kappa shape index (κ3) is 9.19. The highest BCUT2D eigenvalue weighted by Crippen LogP contribution is 2.39. The van der Waals surface area contributed by atoms with Crippen LogP contribution in [0.15, 0.2) is 43.0 Å². The van der Waals surface area contributed by atoms with Gasteiger partial charge in [-0.2, -0.15) is 0 Å². The number of aromatic nitrogens is 3. The van der Waals surface area contributed by atoms with E-state index in [4.69, 9.17) is 19.2 Å². The second-order valence-corrected chi connectivity index (χ2v) is 16.9. The van der Waals surface area contributed by atoms with Gasteiger partial charge in [-0.25, -0.2) is 19.2 Å². The number of ether oxygens (including phenoxy) is 3. The molecule has 0 bridgehead atoms. The first-order valence-electron chi connectivity index (χ1n) is 20.4. The van der Waals surface area contributed by atoms with Gasteiger partial charge in [0.15, 0.2) is 11.6 Å². The van der Waals surface area contributed by atoms with Crippen LogP contribution in [0.1, 0.15) is 103 Å². The molecule has 0 N–H and O–H groups in total. The fourth-order valence-corrected chi connectivity index (χ4v) is 8.16. The van der Waals surface area contributed by atoms with Crippen molar-refractivity contribution in [1.82, 2.24) is 29.7 Å². The van der Waals surface area contributed by atoms with E-state index in [0.29, 0.717) is 62.2 Å². The van der Waals surface area contributed by atoms with E-state index in [1.165, 1.54) is 24.5 Å². The zero-order chi connectivity index (χ0) is 40.3. The number of rotatable bonds is 12. The Bertz CT molecular complexity index is 1840. The van der Waals surface area contributed by atoms with Crippen molar-refractivity contribution < 1.29 is 28.2 Å². The SMILES string of the molecule is CCC(C)C1Cc2nccc(OC3CCN(c4ncncc4Oc4ccc(F)cc4C(=O)N(CC)C(C)C)CC3)c2CN1C(C)C1CN(C(=O)OC(C)(C)C)C1. The largest absolute Gasteiger partial charge is 0.490 e. The molecule has 12 nitrogen and oxygen atoms in total. The van der Waals surface area contributed by atoms with E-state index in [-0.39, 0.29) is 41.5 Å². The number of likely N-dealkylation sites (tertiary alicyclic amines) is 1.